The second-order valence-electron chi connectivity index (χ2n) is 7.37. The fourth-order valence-electron chi connectivity index (χ4n) is 3.09. The summed E-state index contributed by atoms with van der Waals surface area (Å²) in [5, 5.41) is 12.9. The molecule has 0 saturated heterocycles. The van der Waals surface area contributed by atoms with E-state index in [1.54, 1.807) is 13.0 Å². The third kappa shape index (κ3) is 5.96. The highest BCUT2D eigenvalue weighted by Gasteiger charge is 2.19. The summed E-state index contributed by atoms with van der Waals surface area (Å²) in [6.45, 7) is 6.69. The molecule has 0 aliphatic carbocycles. The first-order valence-corrected chi connectivity index (χ1v) is 11.1. The van der Waals surface area contributed by atoms with E-state index in [0.717, 1.165) is 29.0 Å². The van der Waals surface area contributed by atoms with Crippen molar-refractivity contribution in [2.45, 2.75) is 38.1 Å². The molecule has 0 bridgehead atoms. The van der Waals surface area contributed by atoms with E-state index in [-0.39, 0.29) is 21.8 Å². The fraction of sp³-hybridized carbons (Fsp3) is 0.227. The van der Waals surface area contributed by atoms with Gasteiger partial charge in [-0.1, -0.05) is 35.0 Å². The number of anilines is 2. The summed E-state index contributed by atoms with van der Waals surface area (Å²) in [7, 11) is 0. The predicted octanol–water partition coefficient (Wildman–Crippen LogP) is 4.32. The summed E-state index contributed by atoms with van der Waals surface area (Å²) >= 11 is 6.73. The van der Waals surface area contributed by atoms with Crippen LogP contribution in [0.4, 0.5) is 15.8 Å². The first-order chi connectivity index (χ1) is 15.5. The molecule has 1 atom stereocenters. The number of thioether (sulfide) groups is 1. The van der Waals surface area contributed by atoms with Crippen molar-refractivity contribution in [1.29, 1.82) is 0 Å². The molecule has 3 aromatic rings. The highest BCUT2D eigenvalue weighted by Crippen LogP contribution is 2.30. The van der Waals surface area contributed by atoms with Crippen LogP contribution in [0.1, 0.15) is 25.0 Å². The molecule has 0 saturated carbocycles. The number of hydrogen-bond acceptors (Lipinski definition) is 6. The summed E-state index contributed by atoms with van der Waals surface area (Å²) in [5.41, 5.74) is 2.49. The van der Waals surface area contributed by atoms with Crippen LogP contribution in [0.15, 0.2) is 40.3 Å². The Bertz CT molecular complexity index is 1300. The Morgan fingerprint density at radius 2 is 1.88 bits per heavy atom. The Labute approximate surface area is 198 Å². The standard InChI is InChI=1S/C22H21ClFN5O3S/c1-10-7-11(2)18(25-13(4)30)15(8-10)19-21(32)27-22(29-28-19)33-12(3)20(31)26-14-5-6-17(24)16(23)9-14/h5-9,12H,1-4H3,(H,25,30)(H,26,31)(H,27,29,32)/t12-/m1/s1. The molecule has 0 aliphatic rings. The van der Waals surface area contributed by atoms with E-state index in [0.29, 0.717) is 16.9 Å². The number of nitrogens with zero attached hydrogens (tertiary/aromatic N) is 2. The Hall–Kier alpha value is -3.24. The first-order valence-electron chi connectivity index (χ1n) is 9.84. The van der Waals surface area contributed by atoms with E-state index in [2.05, 4.69) is 25.8 Å². The number of aromatic amines is 1. The van der Waals surface area contributed by atoms with Crippen molar-refractivity contribution < 1.29 is 14.0 Å². The molecule has 0 aliphatic heterocycles. The minimum atomic E-state index is -0.652. The summed E-state index contributed by atoms with van der Waals surface area (Å²) in [6.07, 6.45) is 0. The number of aromatic nitrogens is 3. The van der Waals surface area contributed by atoms with Crippen LogP contribution < -0.4 is 16.2 Å². The Balaban J connectivity index is 1.81. The van der Waals surface area contributed by atoms with Gasteiger partial charge >= 0.3 is 0 Å². The summed E-state index contributed by atoms with van der Waals surface area (Å²) in [6, 6.07) is 7.48. The van der Waals surface area contributed by atoms with Crippen LogP contribution in [0.3, 0.4) is 0 Å². The van der Waals surface area contributed by atoms with Crippen LogP contribution in [0.2, 0.25) is 5.02 Å². The molecular weight excluding hydrogens is 469 g/mol. The van der Waals surface area contributed by atoms with E-state index in [1.807, 2.05) is 19.9 Å². The van der Waals surface area contributed by atoms with Crippen molar-refractivity contribution in [1.82, 2.24) is 15.2 Å². The van der Waals surface area contributed by atoms with Crippen LogP contribution in [-0.4, -0.2) is 32.2 Å². The van der Waals surface area contributed by atoms with E-state index in [4.69, 9.17) is 11.6 Å². The zero-order valence-corrected chi connectivity index (χ0v) is 19.8. The number of carbonyl (C=O) groups is 2. The van der Waals surface area contributed by atoms with Gasteiger partial charge in [0, 0.05) is 18.2 Å². The van der Waals surface area contributed by atoms with Gasteiger partial charge in [-0.15, -0.1) is 10.2 Å². The number of nitrogens with one attached hydrogen (secondary N) is 3. The van der Waals surface area contributed by atoms with E-state index < -0.39 is 22.5 Å². The van der Waals surface area contributed by atoms with Crippen molar-refractivity contribution in [2.24, 2.45) is 0 Å². The number of amides is 2. The molecule has 11 heteroatoms. The number of benzene rings is 2. The van der Waals surface area contributed by atoms with E-state index in [1.165, 1.54) is 19.1 Å². The highest BCUT2D eigenvalue weighted by atomic mass is 35.5. The third-order valence-electron chi connectivity index (χ3n) is 4.56. The minimum absolute atomic E-state index is 0.0490. The topological polar surface area (TPSA) is 117 Å². The van der Waals surface area contributed by atoms with Gasteiger partial charge in [-0.2, -0.15) is 0 Å². The normalized spacial score (nSPS) is 11.7. The number of carbonyl (C=O) groups excluding carboxylic acids is 2. The Morgan fingerprint density at radius 3 is 2.52 bits per heavy atom. The molecule has 1 heterocycles. The van der Waals surface area contributed by atoms with Gasteiger partial charge in [0.15, 0.2) is 10.9 Å². The molecule has 0 radical (unpaired) electrons. The maximum Gasteiger partial charge on any atom is 0.278 e. The van der Waals surface area contributed by atoms with Crippen molar-refractivity contribution in [3.05, 3.63) is 62.7 Å². The van der Waals surface area contributed by atoms with Gasteiger partial charge in [-0.25, -0.2) is 4.39 Å². The number of hydrogen-bond donors (Lipinski definition) is 3. The lowest BCUT2D eigenvalue weighted by molar-refractivity contribution is -0.115. The number of rotatable bonds is 6. The average Bonchev–Trinajstić information content (AvgIpc) is 2.72. The van der Waals surface area contributed by atoms with Crippen LogP contribution in [0.5, 0.6) is 0 Å². The largest absolute Gasteiger partial charge is 0.325 e. The third-order valence-corrected chi connectivity index (χ3v) is 5.82. The lowest BCUT2D eigenvalue weighted by Crippen LogP contribution is -2.24. The lowest BCUT2D eigenvalue weighted by Gasteiger charge is -2.14. The zero-order chi connectivity index (χ0) is 24.3. The SMILES string of the molecule is CC(=O)Nc1c(C)cc(C)cc1-c1nnc(S[C@H](C)C(=O)Nc2ccc(F)c(Cl)c2)[nH]c1=O. The maximum absolute atomic E-state index is 13.3. The molecule has 0 spiro atoms. The van der Waals surface area contributed by atoms with Crippen LogP contribution in [-0.2, 0) is 9.59 Å². The summed E-state index contributed by atoms with van der Waals surface area (Å²) < 4.78 is 13.3. The number of aryl methyl sites for hydroxylation is 2. The van der Waals surface area contributed by atoms with Gasteiger partial charge < -0.3 is 10.6 Å². The smallest absolute Gasteiger partial charge is 0.278 e. The molecule has 3 rings (SSSR count). The van der Waals surface area contributed by atoms with Gasteiger partial charge in [-0.05, 0) is 50.6 Å². The van der Waals surface area contributed by atoms with Gasteiger partial charge in [0.05, 0.1) is 16.0 Å². The molecule has 2 amide bonds. The quantitative estimate of drug-likeness (QED) is 0.444. The van der Waals surface area contributed by atoms with Crippen molar-refractivity contribution in [2.75, 3.05) is 10.6 Å². The molecule has 8 nitrogen and oxygen atoms in total. The monoisotopic (exact) mass is 489 g/mol. The zero-order valence-electron chi connectivity index (χ0n) is 18.2. The summed E-state index contributed by atoms with van der Waals surface area (Å²) in [4.78, 5) is 39.5. The number of H-pyrrole nitrogens is 1. The van der Waals surface area contributed by atoms with Gasteiger partial charge in [-0.3, -0.25) is 19.4 Å². The number of halogens is 2. The Kier molecular flexibility index (Phi) is 7.50. The molecular formula is C22H21ClFN5O3S. The van der Waals surface area contributed by atoms with Gasteiger partial charge in [0.25, 0.3) is 5.56 Å². The van der Waals surface area contributed by atoms with Crippen LogP contribution >= 0.6 is 23.4 Å². The molecule has 172 valence electrons. The predicted molar refractivity (Wildman–Crippen MR) is 127 cm³/mol. The average molecular weight is 490 g/mol. The minimum Gasteiger partial charge on any atom is -0.325 e. The fourth-order valence-corrected chi connectivity index (χ4v) is 4.01. The lowest BCUT2D eigenvalue weighted by atomic mass is 10.0. The second kappa shape index (κ2) is 10.1. The first kappa shape index (κ1) is 24.4. The van der Waals surface area contributed by atoms with Crippen molar-refractivity contribution >= 4 is 46.6 Å². The molecule has 2 aromatic carbocycles. The molecule has 0 fully saturated rings. The molecule has 0 unspecified atom stereocenters. The van der Waals surface area contributed by atoms with Gasteiger partial charge in [0.1, 0.15) is 5.82 Å². The highest BCUT2D eigenvalue weighted by molar-refractivity contribution is 8.00. The molecule has 1 aromatic heterocycles. The maximum atomic E-state index is 13.3. The van der Waals surface area contributed by atoms with E-state index in [9.17, 15) is 18.8 Å². The Morgan fingerprint density at radius 1 is 1.15 bits per heavy atom. The van der Waals surface area contributed by atoms with Crippen LogP contribution in [0.25, 0.3) is 11.3 Å². The summed E-state index contributed by atoms with van der Waals surface area (Å²) in [5.74, 6) is -1.26. The molecule has 33 heavy (non-hydrogen) atoms. The van der Waals surface area contributed by atoms with Crippen LogP contribution in [0, 0.1) is 19.7 Å². The van der Waals surface area contributed by atoms with Crippen molar-refractivity contribution in [3.8, 4) is 11.3 Å². The van der Waals surface area contributed by atoms with Crippen molar-refractivity contribution in [3.63, 3.8) is 0 Å². The second-order valence-corrected chi connectivity index (χ2v) is 9.11. The van der Waals surface area contributed by atoms with E-state index >= 15 is 0 Å². The van der Waals surface area contributed by atoms with Gasteiger partial charge in [0.2, 0.25) is 11.8 Å². The molecule has 3 N–H and O–H groups in total.